The van der Waals surface area contributed by atoms with Crippen molar-refractivity contribution in [1.29, 1.82) is 0 Å². The Morgan fingerprint density at radius 1 is 0.889 bits per heavy atom. The second kappa shape index (κ2) is 6.02. The minimum absolute atomic E-state index is 0.437. The van der Waals surface area contributed by atoms with Crippen molar-refractivity contribution in [3.63, 3.8) is 0 Å². The fourth-order valence-electron chi connectivity index (χ4n) is 1.66. The van der Waals surface area contributed by atoms with Crippen LogP contribution in [0.3, 0.4) is 0 Å². The molecule has 5 heteroatoms. The first-order valence-corrected chi connectivity index (χ1v) is 7.65. The van der Waals surface area contributed by atoms with E-state index in [-0.39, 0.29) is 0 Å². The summed E-state index contributed by atoms with van der Waals surface area (Å²) in [5.74, 6) is 0. The molecule has 18 heavy (non-hydrogen) atoms. The van der Waals surface area contributed by atoms with Crippen molar-refractivity contribution >= 4 is 62.3 Å². The molecule has 0 saturated carbocycles. The summed E-state index contributed by atoms with van der Waals surface area (Å²) in [7, 11) is 0. The molecule has 0 aromatic heterocycles. The van der Waals surface area contributed by atoms with Gasteiger partial charge in [0, 0.05) is 20.9 Å². The summed E-state index contributed by atoms with van der Waals surface area (Å²) >= 11 is 27.9. The monoisotopic (exact) mass is 382 g/mol. The van der Waals surface area contributed by atoms with E-state index in [0.717, 1.165) is 11.1 Å². The van der Waals surface area contributed by atoms with E-state index in [1.165, 1.54) is 0 Å². The molecule has 0 saturated heterocycles. The molecule has 2 aromatic carbocycles. The lowest BCUT2D eigenvalue weighted by Gasteiger charge is -2.10. The Bertz CT molecular complexity index is 596. The van der Waals surface area contributed by atoms with E-state index in [1.807, 2.05) is 18.2 Å². The number of alkyl halides is 1. The maximum absolute atomic E-state index is 6.21. The molecular weight excluding hydrogens is 378 g/mol. The topological polar surface area (TPSA) is 0 Å². The highest BCUT2D eigenvalue weighted by molar-refractivity contribution is 9.08. The van der Waals surface area contributed by atoms with E-state index in [4.69, 9.17) is 46.4 Å². The van der Waals surface area contributed by atoms with Gasteiger partial charge in [0.2, 0.25) is 0 Å². The van der Waals surface area contributed by atoms with E-state index >= 15 is 0 Å². The predicted molar refractivity (Wildman–Crippen MR) is 84.5 cm³/mol. The van der Waals surface area contributed by atoms with Crippen molar-refractivity contribution in [3.05, 3.63) is 56.0 Å². The van der Waals surface area contributed by atoms with E-state index in [2.05, 4.69) is 15.9 Å². The van der Waals surface area contributed by atoms with E-state index in [1.54, 1.807) is 12.1 Å². The summed E-state index contributed by atoms with van der Waals surface area (Å²) in [4.78, 5) is 0. The van der Waals surface area contributed by atoms with Crippen LogP contribution in [0.1, 0.15) is 5.56 Å². The first kappa shape index (κ1) is 14.5. The van der Waals surface area contributed by atoms with Crippen molar-refractivity contribution in [1.82, 2.24) is 0 Å². The highest BCUT2D eigenvalue weighted by atomic mass is 79.9. The van der Waals surface area contributed by atoms with E-state index in [0.29, 0.717) is 31.0 Å². The van der Waals surface area contributed by atoms with Crippen molar-refractivity contribution in [3.8, 4) is 11.1 Å². The second-order valence-electron chi connectivity index (χ2n) is 3.70. The van der Waals surface area contributed by atoms with Crippen molar-refractivity contribution in [2.45, 2.75) is 5.33 Å². The van der Waals surface area contributed by atoms with Crippen LogP contribution in [0.15, 0.2) is 30.3 Å². The maximum atomic E-state index is 6.21. The van der Waals surface area contributed by atoms with Crippen LogP contribution in [0.2, 0.25) is 20.1 Å². The standard InChI is InChI=1S/C13H7BrCl4/c14-6-7-3-8(5-9(15)4-7)12-10(16)1-2-11(17)13(12)18/h1-5H,6H2. The summed E-state index contributed by atoms with van der Waals surface area (Å²) in [5, 5.41) is 2.79. The Labute approximate surface area is 134 Å². The Hall–Kier alpha value is 0.0800. The van der Waals surface area contributed by atoms with Gasteiger partial charge in [0.25, 0.3) is 0 Å². The highest BCUT2D eigenvalue weighted by Gasteiger charge is 2.13. The molecule has 0 aliphatic heterocycles. The number of hydrogen-bond donors (Lipinski definition) is 0. The van der Waals surface area contributed by atoms with Crippen molar-refractivity contribution in [2.24, 2.45) is 0 Å². The first-order chi connectivity index (χ1) is 8.52. The van der Waals surface area contributed by atoms with Crippen LogP contribution < -0.4 is 0 Å². The molecular formula is C13H7BrCl4. The average molecular weight is 385 g/mol. The molecule has 0 unspecified atom stereocenters. The molecule has 2 rings (SSSR count). The fraction of sp³-hybridized carbons (Fsp3) is 0.0769. The summed E-state index contributed by atoms with van der Waals surface area (Å²) in [6, 6.07) is 9.07. The zero-order chi connectivity index (χ0) is 13.3. The molecule has 0 heterocycles. The van der Waals surface area contributed by atoms with E-state index in [9.17, 15) is 0 Å². The summed E-state index contributed by atoms with van der Waals surface area (Å²) in [6.07, 6.45) is 0. The zero-order valence-electron chi connectivity index (χ0n) is 8.98. The van der Waals surface area contributed by atoms with Crippen LogP contribution in [0, 0.1) is 0 Å². The summed E-state index contributed by atoms with van der Waals surface area (Å²) in [6.45, 7) is 0. The van der Waals surface area contributed by atoms with Crippen LogP contribution in [0.25, 0.3) is 11.1 Å². The van der Waals surface area contributed by atoms with Crippen LogP contribution in [-0.2, 0) is 5.33 Å². The average Bonchev–Trinajstić information content (AvgIpc) is 2.34. The molecule has 0 aliphatic rings. The summed E-state index contributed by atoms with van der Waals surface area (Å²) in [5.41, 5.74) is 2.61. The van der Waals surface area contributed by atoms with Crippen LogP contribution in [-0.4, -0.2) is 0 Å². The van der Waals surface area contributed by atoms with Crippen LogP contribution >= 0.6 is 62.3 Å². The molecule has 0 atom stereocenters. The van der Waals surface area contributed by atoms with Crippen molar-refractivity contribution in [2.75, 3.05) is 0 Å². The van der Waals surface area contributed by atoms with Gasteiger partial charge in [-0.05, 0) is 35.4 Å². The van der Waals surface area contributed by atoms with Crippen LogP contribution in [0.4, 0.5) is 0 Å². The zero-order valence-corrected chi connectivity index (χ0v) is 13.6. The Morgan fingerprint density at radius 3 is 2.22 bits per heavy atom. The quantitative estimate of drug-likeness (QED) is 0.391. The maximum Gasteiger partial charge on any atom is 0.0685 e. The molecule has 0 fully saturated rings. The molecule has 0 N–H and O–H groups in total. The highest BCUT2D eigenvalue weighted by Crippen LogP contribution is 2.40. The minimum Gasteiger partial charge on any atom is -0.0876 e. The molecule has 2 aromatic rings. The molecule has 94 valence electrons. The third-order valence-corrected chi connectivity index (χ3v) is 4.43. The minimum atomic E-state index is 0.437. The van der Waals surface area contributed by atoms with Gasteiger partial charge in [-0.1, -0.05) is 68.4 Å². The number of benzene rings is 2. The Morgan fingerprint density at radius 2 is 1.56 bits per heavy atom. The van der Waals surface area contributed by atoms with Crippen molar-refractivity contribution < 1.29 is 0 Å². The third-order valence-electron chi connectivity index (χ3n) is 2.44. The van der Waals surface area contributed by atoms with Gasteiger partial charge in [0.1, 0.15) is 0 Å². The second-order valence-corrected chi connectivity index (χ2v) is 5.89. The van der Waals surface area contributed by atoms with Gasteiger partial charge in [0.15, 0.2) is 0 Å². The van der Waals surface area contributed by atoms with Gasteiger partial charge >= 0.3 is 0 Å². The molecule has 0 radical (unpaired) electrons. The van der Waals surface area contributed by atoms with Crippen LogP contribution in [0.5, 0.6) is 0 Å². The Balaban J connectivity index is 2.69. The smallest absolute Gasteiger partial charge is 0.0685 e. The van der Waals surface area contributed by atoms with Gasteiger partial charge in [-0.2, -0.15) is 0 Å². The number of rotatable bonds is 2. The van der Waals surface area contributed by atoms with Gasteiger partial charge in [-0.15, -0.1) is 0 Å². The first-order valence-electron chi connectivity index (χ1n) is 5.02. The number of hydrogen-bond acceptors (Lipinski definition) is 0. The largest absolute Gasteiger partial charge is 0.0876 e. The fourth-order valence-corrected chi connectivity index (χ4v) is 2.99. The SMILES string of the molecule is Clc1cc(CBr)cc(-c2c(Cl)ccc(Cl)c2Cl)c1. The Kier molecular flexibility index (Phi) is 4.85. The van der Waals surface area contributed by atoms with Gasteiger partial charge in [0.05, 0.1) is 10.0 Å². The third kappa shape index (κ3) is 2.97. The lowest BCUT2D eigenvalue weighted by molar-refractivity contribution is 1.43. The molecule has 0 spiro atoms. The molecule has 0 aliphatic carbocycles. The molecule has 0 nitrogen and oxygen atoms in total. The lowest BCUT2D eigenvalue weighted by Crippen LogP contribution is -1.86. The van der Waals surface area contributed by atoms with Gasteiger partial charge in [-0.3, -0.25) is 0 Å². The normalized spacial score (nSPS) is 10.7. The van der Waals surface area contributed by atoms with Gasteiger partial charge in [-0.25, -0.2) is 0 Å². The molecule has 0 amide bonds. The molecule has 0 bridgehead atoms. The number of halogens is 5. The van der Waals surface area contributed by atoms with E-state index < -0.39 is 0 Å². The predicted octanol–water partition coefficient (Wildman–Crippen LogP) is 6.86. The van der Waals surface area contributed by atoms with Gasteiger partial charge < -0.3 is 0 Å². The summed E-state index contributed by atoms with van der Waals surface area (Å²) < 4.78 is 0. The lowest BCUT2D eigenvalue weighted by atomic mass is 10.0.